The van der Waals surface area contributed by atoms with Crippen molar-refractivity contribution < 1.29 is 14.0 Å². The van der Waals surface area contributed by atoms with Crippen LogP contribution in [-0.2, 0) is 16.8 Å². The predicted octanol–water partition coefficient (Wildman–Crippen LogP) is 4.20. The van der Waals surface area contributed by atoms with Crippen molar-refractivity contribution in [2.24, 2.45) is 0 Å². The van der Waals surface area contributed by atoms with Gasteiger partial charge in [-0.15, -0.1) is 0 Å². The number of benzene rings is 2. The summed E-state index contributed by atoms with van der Waals surface area (Å²) in [6.45, 7) is 7.96. The van der Waals surface area contributed by atoms with E-state index >= 15 is 0 Å². The summed E-state index contributed by atoms with van der Waals surface area (Å²) in [5.41, 5.74) is 2.59. The molecule has 0 saturated heterocycles. The van der Waals surface area contributed by atoms with Gasteiger partial charge in [0.1, 0.15) is 11.6 Å². The average molecular weight is 408 g/mol. The molecule has 0 aliphatic rings. The molecule has 0 aliphatic carbocycles. The van der Waals surface area contributed by atoms with Gasteiger partial charge in [0.15, 0.2) is 0 Å². The largest absolute Gasteiger partial charge is 0.352 e. The van der Waals surface area contributed by atoms with Crippen LogP contribution in [0.3, 0.4) is 0 Å². The molecule has 6 nitrogen and oxygen atoms in total. The van der Waals surface area contributed by atoms with Crippen LogP contribution in [0, 0.1) is 5.82 Å². The zero-order valence-corrected chi connectivity index (χ0v) is 17.5. The lowest BCUT2D eigenvalue weighted by atomic mass is 9.92. The first-order valence-electron chi connectivity index (χ1n) is 9.65. The summed E-state index contributed by atoms with van der Waals surface area (Å²) in [5, 5.41) is 10.2. The third kappa shape index (κ3) is 5.11. The van der Waals surface area contributed by atoms with Crippen LogP contribution >= 0.6 is 0 Å². The highest BCUT2D eigenvalue weighted by atomic mass is 19.1. The smallest absolute Gasteiger partial charge is 0.256 e. The summed E-state index contributed by atoms with van der Waals surface area (Å²) in [7, 11) is 0. The van der Waals surface area contributed by atoms with E-state index < -0.39 is 0 Å². The Balaban J connectivity index is 1.86. The molecular weight excluding hydrogens is 383 g/mol. The number of halogens is 1. The van der Waals surface area contributed by atoms with Crippen molar-refractivity contribution in [1.29, 1.82) is 0 Å². The van der Waals surface area contributed by atoms with E-state index in [0.29, 0.717) is 23.6 Å². The van der Waals surface area contributed by atoms with Crippen LogP contribution in [0.1, 0.15) is 49.3 Å². The number of nitrogens with one attached hydrogen (secondary N) is 2. The molecule has 30 heavy (non-hydrogen) atoms. The monoisotopic (exact) mass is 408 g/mol. The van der Waals surface area contributed by atoms with Crippen molar-refractivity contribution in [3.63, 3.8) is 0 Å². The molecule has 0 spiro atoms. The van der Waals surface area contributed by atoms with E-state index in [4.69, 9.17) is 0 Å². The number of rotatable bonds is 5. The second-order valence-electron chi connectivity index (χ2n) is 8.11. The Labute approximate surface area is 175 Å². The fourth-order valence-electron chi connectivity index (χ4n) is 2.80. The van der Waals surface area contributed by atoms with Crippen molar-refractivity contribution in [2.75, 3.05) is 5.32 Å². The molecule has 3 rings (SSSR count). The third-order valence-corrected chi connectivity index (χ3v) is 4.55. The quantitative estimate of drug-likeness (QED) is 0.664. The van der Waals surface area contributed by atoms with Crippen molar-refractivity contribution in [1.82, 2.24) is 15.1 Å². The molecule has 156 valence electrons. The highest BCUT2D eigenvalue weighted by Crippen LogP contribution is 2.26. The van der Waals surface area contributed by atoms with Gasteiger partial charge in [-0.25, -0.2) is 9.07 Å². The number of aromatic nitrogens is 2. The maximum Gasteiger partial charge on any atom is 0.256 e. The van der Waals surface area contributed by atoms with E-state index in [9.17, 15) is 14.0 Å². The summed E-state index contributed by atoms with van der Waals surface area (Å²) in [6, 6.07) is 14.8. The molecular formula is C23H25FN4O2. The second-order valence-corrected chi connectivity index (χ2v) is 8.11. The van der Waals surface area contributed by atoms with Gasteiger partial charge in [-0.05, 0) is 42.0 Å². The first-order chi connectivity index (χ1) is 14.1. The number of anilines is 1. The SMILES string of the molecule is CC(=O)NCc1ccc(C(=O)Nc2cc(C(C)(C)C)nn2-c2ccc(F)cc2)cc1. The van der Waals surface area contributed by atoms with Gasteiger partial charge in [-0.2, -0.15) is 5.10 Å². The molecule has 0 atom stereocenters. The number of carbonyl (C=O) groups is 2. The minimum absolute atomic E-state index is 0.111. The molecule has 7 heteroatoms. The van der Waals surface area contributed by atoms with E-state index in [-0.39, 0.29) is 23.0 Å². The van der Waals surface area contributed by atoms with Crippen LogP contribution in [-0.4, -0.2) is 21.6 Å². The standard InChI is InChI=1S/C23H25FN4O2/c1-15(29)25-14-16-5-7-17(8-6-16)22(30)26-21-13-20(23(2,3)4)27-28(21)19-11-9-18(24)10-12-19/h5-13H,14H2,1-4H3,(H,25,29)(H,26,30). The van der Waals surface area contributed by atoms with Crippen molar-refractivity contribution in [3.8, 4) is 5.69 Å². The summed E-state index contributed by atoms with van der Waals surface area (Å²) >= 11 is 0. The van der Waals surface area contributed by atoms with Crippen LogP contribution in [0.4, 0.5) is 10.2 Å². The molecule has 0 unspecified atom stereocenters. The molecule has 0 radical (unpaired) electrons. The van der Waals surface area contributed by atoms with Crippen LogP contribution < -0.4 is 10.6 Å². The Morgan fingerprint density at radius 2 is 1.67 bits per heavy atom. The molecule has 1 heterocycles. The van der Waals surface area contributed by atoms with E-state index in [1.54, 1.807) is 41.1 Å². The average Bonchev–Trinajstić information content (AvgIpc) is 3.11. The van der Waals surface area contributed by atoms with Crippen LogP contribution in [0.25, 0.3) is 5.69 Å². The molecule has 3 aromatic rings. The van der Waals surface area contributed by atoms with E-state index in [0.717, 1.165) is 11.3 Å². The van der Waals surface area contributed by atoms with Crippen LogP contribution in [0.15, 0.2) is 54.6 Å². The van der Waals surface area contributed by atoms with E-state index in [1.807, 2.05) is 26.8 Å². The minimum Gasteiger partial charge on any atom is -0.352 e. The molecule has 0 saturated carbocycles. The van der Waals surface area contributed by atoms with E-state index in [2.05, 4.69) is 15.7 Å². The number of nitrogens with zero attached hydrogens (tertiary/aromatic N) is 2. The first kappa shape index (κ1) is 21.2. The Morgan fingerprint density at radius 3 is 2.23 bits per heavy atom. The molecule has 0 aliphatic heterocycles. The minimum atomic E-state index is -0.341. The Morgan fingerprint density at radius 1 is 1.03 bits per heavy atom. The maximum atomic E-state index is 13.3. The number of carbonyl (C=O) groups excluding carboxylic acids is 2. The normalized spacial score (nSPS) is 11.2. The summed E-state index contributed by atoms with van der Waals surface area (Å²) < 4.78 is 14.9. The highest BCUT2D eigenvalue weighted by Gasteiger charge is 2.22. The maximum absolute atomic E-state index is 13.3. The molecule has 2 aromatic carbocycles. The Hall–Kier alpha value is -3.48. The van der Waals surface area contributed by atoms with Gasteiger partial charge in [0.25, 0.3) is 5.91 Å². The zero-order chi connectivity index (χ0) is 21.9. The molecule has 0 fully saturated rings. The predicted molar refractivity (Wildman–Crippen MR) is 114 cm³/mol. The van der Waals surface area contributed by atoms with Crippen LogP contribution in [0.5, 0.6) is 0 Å². The van der Waals surface area contributed by atoms with Crippen molar-refractivity contribution >= 4 is 17.6 Å². The molecule has 2 amide bonds. The Bertz CT molecular complexity index is 1050. The van der Waals surface area contributed by atoms with Gasteiger partial charge >= 0.3 is 0 Å². The van der Waals surface area contributed by atoms with Crippen molar-refractivity contribution in [3.05, 3.63) is 77.2 Å². The first-order valence-corrected chi connectivity index (χ1v) is 9.65. The number of hydrogen-bond acceptors (Lipinski definition) is 3. The van der Waals surface area contributed by atoms with Crippen molar-refractivity contribution in [2.45, 2.75) is 39.7 Å². The molecule has 2 N–H and O–H groups in total. The van der Waals surface area contributed by atoms with Gasteiger partial charge in [-0.1, -0.05) is 32.9 Å². The lowest BCUT2D eigenvalue weighted by molar-refractivity contribution is -0.119. The van der Waals surface area contributed by atoms with E-state index in [1.165, 1.54) is 19.1 Å². The van der Waals surface area contributed by atoms with Gasteiger partial charge < -0.3 is 10.6 Å². The fourth-order valence-corrected chi connectivity index (χ4v) is 2.80. The molecule has 1 aromatic heterocycles. The topological polar surface area (TPSA) is 76.0 Å². The van der Waals surface area contributed by atoms with Gasteiger partial charge in [0.05, 0.1) is 11.4 Å². The fraction of sp³-hybridized carbons (Fsp3) is 0.261. The number of amides is 2. The number of hydrogen-bond donors (Lipinski definition) is 2. The molecule has 0 bridgehead atoms. The zero-order valence-electron chi connectivity index (χ0n) is 17.5. The van der Waals surface area contributed by atoms with Gasteiger partial charge in [0, 0.05) is 30.5 Å². The van der Waals surface area contributed by atoms with Gasteiger partial charge in [-0.3, -0.25) is 9.59 Å². The lowest BCUT2D eigenvalue weighted by Gasteiger charge is -2.14. The summed E-state index contributed by atoms with van der Waals surface area (Å²) in [4.78, 5) is 23.8. The lowest BCUT2D eigenvalue weighted by Crippen LogP contribution is -2.19. The highest BCUT2D eigenvalue weighted by molar-refractivity contribution is 6.04. The summed E-state index contributed by atoms with van der Waals surface area (Å²) in [6.07, 6.45) is 0. The second kappa shape index (κ2) is 8.49. The summed E-state index contributed by atoms with van der Waals surface area (Å²) in [5.74, 6) is -0.240. The van der Waals surface area contributed by atoms with Crippen LogP contribution in [0.2, 0.25) is 0 Å². The van der Waals surface area contributed by atoms with Gasteiger partial charge in [0.2, 0.25) is 5.91 Å². The third-order valence-electron chi connectivity index (χ3n) is 4.55. The Kier molecular flexibility index (Phi) is 6.01.